The minimum Gasteiger partial charge on any atom is -0.480 e. The van der Waals surface area contributed by atoms with E-state index in [-0.39, 0.29) is 6.04 Å². The lowest BCUT2D eigenvalue weighted by atomic mass is 10.0. The summed E-state index contributed by atoms with van der Waals surface area (Å²) in [6.07, 6.45) is 7.37. The zero-order chi connectivity index (χ0) is 10.4. The van der Waals surface area contributed by atoms with E-state index < -0.39 is 5.97 Å². The summed E-state index contributed by atoms with van der Waals surface area (Å²) in [5, 5.41) is 9.32. The Labute approximate surface area is 90.5 Å². The van der Waals surface area contributed by atoms with Gasteiger partial charge in [0.1, 0.15) is 6.04 Å². The van der Waals surface area contributed by atoms with Crippen molar-refractivity contribution in [2.24, 2.45) is 11.8 Å². The van der Waals surface area contributed by atoms with Gasteiger partial charge in [-0.2, -0.15) is 0 Å². The van der Waals surface area contributed by atoms with E-state index in [1.807, 2.05) is 0 Å². The fourth-order valence-electron chi connectivity index (χ4n) is 3.64. The molecule has 0 aromatic carbocycles. The first-order valence-corrected chi connectivity index (χ1v) is 6.26. The Balaban J connectivity index is 1.76. The van der Waals surface area contributed by atoms with Crippen molar-refractivity contribution in [2.45, 2.75) is 50.6 Å². The number of carbonyl (C=O) groups is 1. The van der Waals surface area contributed by atoms with Crippen molar-refractivity contribution in [3.8, 4) is 0 Å². The summed E-state index contributed by atoms with van der Waals surface area (Å²) in [6, 6.07) is 0.449. The number of likely N-dealkylation sites (tertiary alicyclic amines) is 1. The Hall–Kier alpha value is -0.570. The number of fused-ring (bicyclic) bond motifs is 1. The molecule has 3 fully saturated rings. The Bertz CT molecular complexity index is 275. The van der Waals surface area contributed by atoms with Gasteiger partial charge in [-0.15, -0.1) is 0 Å². The SMILES string of the molecule is O=C(O)C(C1CC1)N1CCC2CCCC21. The second kappa shape index (κ2) is 3.48. The molecule has 0 radical (unpaired) electrons. The van der Waals surface area contributed by atoms with E-state index in [9.17, 15) is 9.90 Å². The van der Waals surface area contributed by atoms with Gasteiger partial charge in [0.15, 0.2) is 0 Å². The lowest BCUT2D eigenvalue weighted by molar-refractivity contribution is -0.144. The summed E-state index contributed by atoms with van der Waals surface area (Å²) in [5.74, 6) is 0.692. The second-order valence-corrected chi connectivity index (χ2v) is 5.41. The van der Waals surface area contributed by atoms with Gasteiger partial charge >= 0.3 is 5.97 Å². The molecule has 0 amide bonds. The Morgan fingerprint density at radius 1 is 1.20 bits per heavy atom. The molecule has 3 nitrogen and oxygen atoms in total. The number of hydrogen-bond acceptors (Lipinski definition) is 2. The predicted octanol–water partition coefficient (Wildman–Crippen LogP) is 1.72. The van der Waals surface area contributed by atoms with Crippen LogP contribution in [0.3, 0.4) is 0 Å². The van der Waals surface area contributed by atoms with E-state index in [0.29, 0.717) is 12.0 Å². The fraction of sp³-hybridized carbons (Fsp3) is 0.917. The highest BCUT2D eigenvalue weighted by atomic mass is 16.4. The van der Waals surface area contributed by atoms with Gasteiger partial charge in [-0.25, -0.2) is 0 Å². The van der Waals surface area contributed by atoms with Gasteiger partial charge in [-0.05, 0) is 50.5 Å². The van der Waals surface area contributed by atoms with Crippen molar-refractivity contribution in [1.29, 1.82) is 0 Å². The number of carboxylic acid groups (broad SMARTS) is 1. The molecule has 0 aromatic rings. The first-order valence-electron chi connectivity index (χ1n) is 6.26. The Morgan fingerprint density at radius 2 is 2.00 bits per heavy atom. The Kier molecular flexibility index (Phi) is 2.23. The van der Waals surface area contributed by atoms with Crippen LogP contribution in [-0.4, -0.2) is 34.6 Å². The summed E-state index contributed by atoms with van der Waals surface area (Å²) in [4.78, 5) is 13.6. The summed E-state index contributed by atoms with van der Waals surface area (Å²) in [6.45, 7) is 1.03. The summed E-state index contributed by atoms with van der Waals surface area (Å²) in [7, 11) is 0. The van der Waals surface area contributed by atoms with Gasteiger partial charge < -0.3 is 5.11 Å². The van der Waals surface area contributed by atoms with Gasteiger partial charge in [0.25, 0.3) is 0 Å². The second-order valence-electron chi connectivity index (χ2n) is 5.41. The van der Waals surface area contributed by atoms with E-state index >= 15 is 0 Å². The van der Waals surface area contributed by atoms with Crippen molar-refractivity contribution in [3.63, 3.8) is 0 Å². The monoisotopic (exact) mass is 209 g/mol. The molecule has 2 aliphatic carbocycles. The quantitative estimate of drug-likeness (QED) is 0.769. The van der Waals surface area contributed by atoms with Crippen LogP contribution in [0.5, 0.6) is 0 Å². The van der Waals surface area contributed by atoms with Crippen LogP contribution < -0.4 is 0 Å². The highest BCUT2D eigenvalue weighted by molar-refractivity contribution is 5.74. The topological polar surface area (TPSA) is 40.5 Å². The summed E-state index contributed by atoms with van der Waals surface area (Å²) in [5.41, 5.74) is 0. The fourth-order valence-corrected chi connectivity index (χ4v) is 3.64. The zero-order valence-corrected chi connectivity index (χ0v) is 9.06. The van der Waals surface area contributed by atoms with E-state index in [4.69, 9.17) is 0 Å². The standard InChI is InChI=1S/C12H19NO2/c14-12(15)11(9-4-5-9)13-7-6-8-2-1-3-10(8)13/h8-11H,1-7H2,(H,14,15). The molecule has 3 rings (SSSR count). The number of aliphatic carboxylic acids is 1. The highest BCUT2D eigenvalue weighted by Crippen LogP contribution is 2.44. The van der Waals surface area contributed by atoms with Crippen molar-refractivity contribution < 1.29 is 9.90 Å². The molecule has 3 heteroatoms. The lowest BCUT2D eigenvalue weighted by Gasteiger charge is -2.29. The van der Waals surface area contributed by atoms with E-state index in [0.717, 1.165) is 25.3 Å². The predicted molar refractivity (Wildman–Crippen MR) is 56.6 cm³/mol. The summed E-state index contributed by atoms with van der Waals surface area (Å²) >= 11 is 0. The number of hydrogen-bond donors (Lipinski definition) is 1. The van der Waals surface area contributed by atoms with E-state index in [2.05, 4.69) is 4.90 Å². The van der Waals surface area contributed by atoms with Crippen LogP contribution >= 0.6 is 0 Å². The van der Waals surface area contributed by atoms with Crippen LogP contribution in [0.15, 0.2) is 0 Å². The van der Waals surface area contributed by atoms with Crippen molar-refractivity contribution >= 4 is 5.97 Å². The molecule has 1 aliphatic heterocycles. The van der Waals surface area contributed by atoms with Crippen LogP contribution in [0.4, 0.5) is 0 Å². The first-order chi connectivity index (χ1) is 7.27. The first kappa shape index (κ1) is 9.64. The van der Waals surface area contributed by atoms with Crippen molar-refractivity contribution in [3.05, 3.63) is 0 Å². The molecule has 1 N–H and O–H groups in total. The molecule has 1 saturated heterocycles. The number of rotatable bonds is 3. The van der Waals surface area contributed by atoms with Crippen LogP contribution in [0.1, 0.15) is 38.5 Å². The number of nitrogens with zero attached hydrogens (tertiary/aromatic N) is 1. The van der Waals surface area contributed by atoms with Gasteiger partial charge in [0, 0.05) is 6.04 Å². The number of carboxylic acids is 1. The molecule has 1 heterocycles. The van der Waals surface area contributed by atoms with E-state index in [1.165, 1.54) is 25.7 Å². The molecule has 2 saturated carbocycles. The minimum absolute atomic E-state index is 0.155. The molecule has 3 atom stereocenters. The molecule has 0 aromatic heterocycles. The molecule has 84 valence electrons. The molecular weight excluding hydrogens is 190 g/mol. The molecule has 15 heavy (non-hydrogen) atoms. The van der Waals surface area contributed by atoms with Gasteiger partial charge in [0.2, 0.25) is 0 Å². The van der Waals surface area contributed by atoms with Gasteiger partial charge in [-0.3, -0.25) is 9.69 Å². The molecule has 3 aliphatic rings. The third-order valence-corrected chi connectivity index (χ3v) is 4.48. The smallest absolute Gasteiger partial charge is 0.321 e. The van der Waals surface area contributed by atoms with Crippen LogP contribution in [-0.2, 0) is 4.79 Å². The average Bonchev–Trinajstić information content (AvgIpc) is 2.76. The van der Waals surface area contributed by atoms with Gasteiger partial charge in [-0.1, -0.05) is 6.42 Å². The van der Waals surface area contributed by atoms with Crippen LogP contribution in [0.25, 0.3) is 0 Å². The zero-order valence-electron chi connectivity index (χ0n) is 9.06. The van der Waals surface area contributed by atoms with E-state index in [1.54, 1.807) is 0 Å². The largest absolute Gasteiger partial charge is 0.480 e. The maximum Gasteiger partial charge on any atom is 0.321 e. The minimum atomic E-state index is -0.579. The molecular formula is C12H19NO2. The average molecular weight is 209 g/mol. The van der Waals surface area contributed by atoms with Crippen molar-refractivity contribution in [1.82, 2.24) is 4.90 Å². The molecule has 0 bridgehead atoms. The van der Waals surface area contributed by atoms with Crippen molar-refractivity contribution in [2.75, 3.05) is 6.54 Å². The lowest BCUT2D eigenvalue weighted by Crippen LogP contribution is -2.45. The maximum absolute atomic E-state index is 11.3. The van der Waals surface area contributed by atoms with Crippen LogP contribution in [0.2, 0.25) is 0 Å². The molecule has 0 spiro atoms. The highest BCUT2D eigenvalue weighted by Gasteiger charge is 2.48. The summed E-state index contributed by atoms with van der Waals surface area (Å²) < 4.78 is 0. The third kappa shape index (κ3) is 1.57. The Morgan fingerprint density at radius 3 is 2.67 bits per heavy atom. The third-order valence-electron chi connectivity index (χ3n) is 4.48. The normalized spacial score (nSPS) is 37.9. The maximum atomic E-state index is 11.3. The van der Waals surface area contributed by atoms with Crippen LogP contribution in [0, 0.1) is 11.8 Å². The molecule has 3 unspecified atom stereocenters. The van der Waals surface area contributed by atoms with Gasteiger partial charge in [0.05, 0.1) is 0 Å².